The van der Waals surface area contributed by atoms with Crippen LogP contribution in [-0.2, 0) is 0 Å². The van der Waals surface area contributed by atoms with Crippen molar-refractivity contribution in [2.45, 2.75) is 51.8 Å². The summed E-state index contributed by atoms with van der Waals surface area (Å²) in [6.45, 7) is 4.63. The molecular weight excluding hydrogens is 267 g/mol. The first-order valence-corrected chi connectivity index (χ1v) is 9.66. The van der Waals surface area contributed by atoms with E-state index in [1.807, 2.05) is 0 Å². The summed E-state index contributed by atoms with van der Waals surface area (Å²) in [5, 5.41) is 0. The van der Waals surface area contributed by atoms with E-state index in [4.69, 9.17) is 0 Å². The van der Waals surface area contributed by atoms with Crippen LogP contribution in [0.1, 0.15) is 46.0 Å². The zero-order chi connectivity index (χ0) is 11.1. The second-order valence-electron chi connectivity index (χ2n) is 4.79. The van der Waals surface area contributed by atoms with Crippen molar-refractivity contribution in [3.63, 3.8) is 0 Å². The Morgan fingerprint density at radius 2 is 2.00 bits per heavy atom. The molecule has 0 aliphatic heterocycles. The van der Waals surface area contributed by atoms with Crippen molar-refractivity contribution in [2.24, 2.45) is 11.8 Å². The minimum atomic E-state index is 0.705. The van der Waals surface area contributed by atoms with Crippen LogP contribution in [0.15, 0.2) is 9.88 Å². The summed E-state index contributed by atoms with van der Waals surface area (Å²) in [5.74, 6) is 5.39. The third kappa shape index (κ3) is 6.04. The van der Waals surface area contributed by atoms with Crippen molar-refractivity contribution in [2.75, 3.05) is 5.75 Å². The molecule has 1 fully saturated rings. The van der Waals surface area contributed by atoms with E-state index in [0.717, 1.165) is 11.8 Å². The number of hydrogen-bond acceptors (Lipinski definition) is 1. The van der Waals surface area contributed by atoms with Crippen LogP contribution < -0.4 is 0 Å². The van der Waals surface area contributed by atoms with Gasteiger partial charge in [0.2, 0.25) is 0 Å². The molecule has 0 spiro atoms. The minimum absolute atomic E-state index is 0.705. The topological polar surface area (TPSA) is 0 Å². The van der Waals surface area contributed by atoms with Crippen LogP contribution in [0, 0.1) is 11.8 Å². The van der Waals surface area contributed by atoms with Crippen LogP contribution in [0.2, 0.25) is 5.82 Å². The maximum absolute atomic E-state index is 2.60. The van der Waals surface area contributed by atoms with E-state index in [1.165, 1.54) is 37.9 Å². The van der Waals surface area contributed by atoms with Gasteiger partial charge in [0.15, 0.2) is 0 Å². The molecule has 0 heterocycles. The van der Waals surface area contributed by atoms with E-state index in [-0.39, 0.29) is 0 Å². The standard InChI is InChI=1S/C13H24SSe/c1-11(2)10-14-13(15-3)9-12-7-5-4-6-8-12/h9,11-12H,4-8,10H2,1-3H3/b13-9+. The predicted molar refractivity (Wildman–Crippen MR) is 73.6 cm³/mol. The van der Waals surface area contributed by atoms with Crippen molar-refractivity contribution in [3.8, 4) is 0 Å². The van der Waals surface area contributed by atoms with E-state index in [1.54, 1.807) is 3.80 Å². The van der Waals surface area contributed by atoms with Crippen LogP contribution in [0.3, 0.4) is 0 Å². The normalized spacial score (nSPS) is 19.9. The van der Waals surface area contributed by atoms with E-state index >= 15 is 0 Å². The van der Waals surface area contributed by atoms with Gasteiger partial charge in [0.1, 0.15) is 0 Å². The van der Waals surface area contributed by atoms with Crippen molar-refractivity contribution in [1.29, 1.82) is 0 Å². The molecule has 0 aromatic carbocycles. The van der Waals surface area contributed by atoms with Crippen LogP contribution in [0.5, 0.6) is 0 Å². The summed E-state index contributed by atoms with van der Waals surface area (Å²) >= 11 is 2.82. The van der Waals surface area contributed by atoms with Gasteiger partial charge >= 0.3 is 106 Å². The second-order valence-corrected chi connectivity index (χ2v) is 8.22. The van der Waals surface area contributed by atoms with Gasteiger partial charge in [-0.15, -0.1) is 0 Å². The van der Waals surface area contributed by atoms with Crippen molar-refractivity contribution >= 4 is 26.7 Å². The molecule has 0 saturated heterocycles. The van der Waals surface area contributed by atoms with Gasteiger partial charge in [-0.2, -0.15) is 0 Å². The fraction of sp³-hybridized carbons (Fsp3) is 0.846. The average molecular weight is 291 g/mol. The van der Waals surface area contributed by atoms with Gasteiger partial charge in [0.05, 0.1) is 0 Å². The molecule has 15 heavy (non-hydrogen) atoms. The molecule has 1 rings (SSSR count). The Hall–Kier alpha value is 0.609. The fourth-order valence-electron chi connectivity index (χ4n) is 1.92. The molecular formula is C13H24SSe. The Morgan fingerprint density at radius 3 is 2.53 bits per heavy atom. The Bertz CT molecular complexity index is 193. The SMILES string of the molecule is C[Se]/C(=C/C1CCCCC1)SCC(C)C. The molecule has 0 aromatic rings. The van der Waals surface area contributed by atoms with E-state index < -0.39 is 0 Å². The zero-order valence-electron chi connectivity index (χ0n) is 10.3. The number of thioether (sulfide) groups is 1. The van der Waals surface area contributed by atoms with Crippen molar-refractivity contribution in [3.05, 3.63) is 9.88 Å². The molecule has 0 unspecified atom stereocenters. The van der Waals surface area contributed by atoms with Crippen LogP contribution in [0.25, 0.3) is 0 Å². The van der Waals surface area contributed by atoms with Crippen LogP contribution in [0.4, 0.5) is 0 Å². The van der Waals surface area contributed by atoms with Gasteiger partial charge in [-0.3, -0.25) is 0 Å². The van der Waals surface area contributed by atoms with E-state index in [2.05, 4.69) is 37.5 Å². The molecule has 0 aromatic heterocycles. The van der Waals surface area contributed by atoms with Gasteiger partial charge in [0.25, 0.3) is 0 Å². The molecule has 0 N–H and O–H groups in total. The Morgan fingerprint density at radius 1 is 1.33 bits per heavy atom. The number of allylic oxidation sites excluding steroid dienone is 1. The van der Waals surface area contributed by atoms with Gasteiger partial charge < -0.3 is 0 Å². The zero-order valence-corrected chi connectivity index (χ0v) is 12.8. The third-order valence-corrected chi connectivity index (χ3v) is 6.77. The summed E-state index contributed by atoms with van der Waals surface area (Å²) in [5.41, 5.74) is 0. The summed E-state index contributed by atoms with van der Waals surface area (Å²) < 4.78 is 1.70. The molecule has 88 valence electrons. The fourth-order valence-corrected chi connectivity index (χ4v) is 4.68. The molecule has 1 aliphatic rings. The summed E-state index contributed by atoms with van der Waals surface area (Å²) in [6, 6.07) is 0. The van der Waals surface area contributed by atoms with Crippen LogP contribution >= 0.6 is 11.8 Å². The van der Waals surface area contributed by atoms with Crippen LogP contribution in [-0.4, -0.2) is 20.7 Å². The monoisotopic (exact) mass is 292 g/mol. The maximum atomic E-state index is 2.60. The number of hydrogen-bond donors (Lipinski definition) is 0. The summed E-state index contributed by atoms with van der Waals surface area (Å²) in [7, 11) is 0. The average Bonchev–Trinajstić information content (AvgIpc) is 2.25. The van der Waals surface area contributed by atoms with Crippen molar-refractivity contribution < 1.29 is 0 Å². The molecule has 0 bridgehead atoms. The molecule has 1 saturated carbocycles. The van der Waals surface area contributed by atoms with Gasteiger partial charge in [0, 0.05) is 0 Å². The third-order valence-electron chi connectivity index (χ3n) is 2.78. The van der Waals surface area contributed by atoms with Gasteiger partial charge in [-0.25, -0.2) is 0 Å². The Labute approximate surface area is 106 Å². The molecule has 1 aliphatic carbocycles. The van der Waals surface area contributed by atoms with E-state index in [0.29, 0.717) is 15.0 Å². The second kappa shape index (κ2) is 7.81. The Kier molecular flexibility index (Phi) is 7.12. The quantitative estimate of drug-likeness (QED) is 0.670. The van der Waals surface area contributed by atoms with Gasteiger partial charge in [-0.1, -0.05) is 0 Å². The van der Waals surface area contributed by atoms with Crippen molar-refractivity contribution in [1.82, 2.24) is 0 Å². The van der Waals surface area contributed by atoms with Gasteiger partial charge in [-0.05, 0) is 0 Å². The first-order valence-electron chi connectivity index (χ1n) is 6.11. The summed E-state index contributed by atoms with van der Waals surface area (Å²) in [6.07, 6.45) is 9.88. The predicted octanol–water partition coefficient (Wildman–Crippen LogP) is 4.55. The molecule has 2 heteroatoms. The molecule has 0 amide bonds. The first kappa shape index (κ1) is 13.7. The first-order chi connectivity index (χ1) is 7.22. The molecule has 0 radical (unpaired) electrons. The molecule has 0 atom stereocenters. The summed E-state index contributed by atoms with van der Waals surface area (Å²) in [4.78, 5) is 0. The number of rotatable bonds is 5. The Balaban J connectivity index is 2.37. The van der Waals surface area contributed by atoms with E-state index in [9.17, 15) is 0 Å². The molecule has 0 nitrogen and oxygen atoms in total.